The zero-order chi connectivity index (χ0) is 10.1. The fraction of sp³-hybridized carbons (Fsp3) is 0.333. The van der Waals surface area contributed by atoms with Crippen molar-refractivity contribution in [2.75, 3.05) is 13.2 Å². The van der Waals surface area contributed by atoms with E-state index in [1.165, 1.54) is 0 Å². The first-order valence-electron chi connectivity index (χ1n) is 4.09. The van der Waals surface area contributed by atoms with E-state index in [1.54, 1.807) is 12.1 Å². The maximum atomic E-state index is 9.33. The van der Waals surface area contributed by atoms with Crippen LogP contribution >= 0.6 is 23.2 Å². The first-order chi connectivity index (χ1) is 6.68. The number of rotatable bonds is 1. The third-order valence-corrected chi connectivity index (χ3v) is 2.51. The minimum Gasteiger partial charge on any atom is -0.505 e. The van der Waals surface area contributed by atoms with Crippen LogP contribution in [0.25, 0.3) is 0 Å². The van der Waals surface area contributed by atoms with Crippen LogP contribution in [0, 0.1) is 0 Å². The van der Waals surface area contributed by atoms with Gasteiger partial charge in [-0.15, -0.1) is 0 Å². The number of benzene rings is 1. The number of phenolic OH excluding ortho intramolecular Hbond substituents is 1. The Labute approximate surface area is 91.1 Å². The quantitative estimate of drug-likeness (QED) is 0.813. The monoisotopic (exact) mass is 234 g/mol. The number of halogens is 2. The fourth-order valence-corrected chi connectivity index (χ4v) is 1.78. The second kappa shape index (κ2) is 3.95. The molecule has 2 rings (SSSR count). The summed E-state index contributed by atoms with van der Waals surface area (Å²) in [5, 5.41) is 9.73. The molecule has 76 valence electrons. The van der Waals surface area contributed by atoms with Gasteiger partial charge in [-0.1, -0.05) is 23.2 Å². The van der Waals surface area contributed by atoms with Crippen molar-refractivity contribution >= 4 is 23.2 Å². The minimum absolute atomic E-state index is 0.116. The van der Waals surface area contributed by atoms with Crippen LogP contribution in [0.15, 0.2) is 12.1 Å². The molecule has 1 aliphatic rings. The Bertz CT molecular complexity index is 325. The highest BCUT2D eigenvalue weighted by molar-refractivity contribution is 6.37. The van der Waals surface area contributed by atoms with Crippen LogP contribution in [0.4, 0.5) is 0 Å². The highest BCUT2D eigenvalue weighted by atomic mass is 35.5. The summed E-state index contributed by atoms with van der Waals surface area (Å²) >= 11 is 11.5. The summed E-state index contributed by atoms with van der Waals surface area (Å²) in [7, 11) is 0. The van der Waals surface area contributed by atoms with Crippen LogP contribution in [-0.4, -0.2) is 18.3 Å². The number of ether oxygens (including phenoxy) is 2. The summed E-state index contributed by atoms with van der Waals surface area (Å²) in [6.07, 6.45) is -0.425. The van der Waals surface area contributed by atoms with Crippen molar-refractivity contribution in [1.29, 1.82) is 0 Å². The summed E-state index contributed by atoms with van der Waals surface area (Å²) in [4.78, 5) is 0. The topological polar surface area (TPSA) is 38.7 Å². The predicted octanol–water partition coefficient (Wildman–Crippen LogP) is 2.74. The van der Waals surface area contributed by atoms with E-state index in [-0.39, 0.29) is 15.8 Å². The van der Waals surface area contributed by atoms with Gasteiger partial charge in [-0.05, 0) is 12.1 Å². The highest BCUT2D eigenvalue weighted by Gasteiger charge is 2.20. The molecule has 0 unspecified atom stereocenters. The van der Waals surface area contributed by atoms with E-state index in [0.717, 1.165) is 5.56 Å². The molecule has 0 saturated carbocycles. The van der Waals surface area contributed by atoms with Crippen LogP contribution in [0.5, 0.6) is 5.75 Å². The standard InChI is InChI=1S/C9H8Cl2O3/c10-6-3-5(4-7(11)8(6)12)9-13-1-2-14-9/h3-4,9,12H,1-2H2. The lowest BCUT2D eigenvalue weighted by atomic mass is 10.2. The molecule has 0 aromatic heterocycles. The lowest BCUT2D eigenvalue weighted by molar-refractivity contribution is -0.0441. The normalized spacial score (nSPS) is 17.6. The molecule has 0 aliphatic carbocycles. The summed E-state index contributed by atoms with van der Waals surface area (Å²) in [5.74, 6) is -0.116. The first-order valence-corrected chi connectivity index (χ1v) is 4.85. The van der Waals surface area contributed by atoms with Crippen molar-refractivity contribution < 1.29 is 14.6 Å². The highest BCUT2D eigenvalue weighted by Crippen LogP contribution is 2.36. The second-order valence-electron chi connectivity index (χ2n) is 2.91. The van der Waals surface area contributed by atoms with Crippen LogP contribution < -0.4 is 0 Å². The third-order valence-electron chi connectivity index (χ3n) is 1.93. The van der Waals surface area contributed by atoms with Crippen molar-refractivity contribution in [2.45, 2.75) is 6.29 Å². The molecular formula is C9H8Cl2O3. The molecule has 1 aliphatic heterocycles. The van der Waals surface area contributed by atoms with Crippen molar-refractivity contribution in [2.24, 2.45) is 0 Å². The van der Waals surface area contributed by atoms with Crippen LogP contribution in [0.3, 0.4) is 0 Å². The summed E-state index contributed by atoms with van der Waals surface area (Å²) in [5.41, 5.74) is 0.718. The molecule has 1 saturated heterocycles. The van der Waals surface area contributed by atoms with E-state index >= 15 is 0 Å². The smallest absolute Gasteiger partial charge is 0.184 e. The van der Waals surface area contributed by atoms with Crippen LogP contribution in [-0.2, 0) is 9.47 Å². The van der Waals surface area contributed by atoms with E-state index in [9.17, 15) is 5.11 Å². The zero-order valence-electron chi connectivity index (χ0n) is 7.17. The number of hydrogen-bond acceptors (Lipinski definition) is 3. The molecule has 0 bridgehead atoms. The Kier molecular flexibility index (Phi) is 2.83. The van der Waals surface area contributed by atoms with E-state index < -0.39 is 6.29 Å². The molecule has 0 amide bonds. The Hall–Kier alpha value is -0.480. The summed E-state index contributed by atoms with van der Waals surface area (Å²) in [6.45, 7) is 1.11. The average Bonchev–Trinajstić information content (AvgIpc) is 2.66. The maximum absolute atomic E-state index is 9.33. The average molecular weight is 235 g/mol. The van der Waals surface area contributed by atoms with Crippen molar-refractivity contribution in [3.8, 4) is 5.75 Å². The van der Waals surface area contributed by atoms with Gasteiger partial charge >= 0.3 is 0 Å². The second-order valence-corrected chi connectivity index (χ2v) is 3.72. The lowest BCUT2D eigenvalue weighted by Crippen LogP contribution is -1.97. The molecule has 1 fully saturated rings. The molecule has 5 heteroatoms. The van der Waals surface area contributed by atoms with E-state index in [4.69, 9.17) is 32.7 Å². The van der Waals surface area contributed by atoms with Crippen molar-refractivity contribution in [1.82, 2.24) is 0 Å². The molecule has 3 nitrogen and oxygen atoms in total. The molecule has 0 spiro atoms. The predicted molar refractivity (Wildman–Crippen MR) is 52.8 cm³/mol. The molecule has 1 heterocycles. The largest absolute Gasteiger partial charge is 0.505 e. The fourth-order valence-electron chi connectivity index (χ4n) is 1.27. The van der Waals surface area contributed by atoms with E-state index in [2.05, 4.69) is 0 Å². The lowest BCUT2D eigenvalue weighted by Gasteiger charge is -2.10. The van der Waals surface area contributed by atoms with Gasteiger partial charge in [-0.2, -0.15) is 0 Å². The molecule has 14 heavy (non-hydrogen) atoms. The van der Waals surface area contributed by atoms with Gasteiger partial charge in [0.25, 0.3) is 0 Å². The van der Waals surface area contributed by atoms with E-state index in [1.807, 2.05) is 0 Å². The van der Waals surface area contributed by atoms with Gasteiger partial charge in [0.2, 0.25) is 0 Å². The Morgan fingerprint density at radius 2 is 1.64 bits per heavy atom. The van der Waals surface area contributed by atoms with Crippen molar-refractivity contribution in [3.63, 3.8) is 0 Å². The molecule has 0 radical (unpaired) electrons. The van der Waals surface area contributed by atoms with Crippen LogP contribution in [0.1, 0.15) is 11.9 Å². The SMILES string of the molecule is Oc1c(Cl)cc(C2OCCO2)cc1Cl. The molecular weight excluding hydrogens is 227 g/mol. The number of hydrogen-bond donors (Lipinski definition) is 1. The third kappa shape index (κ3) is 1.81. The Balaban J connectivity index is 2.34. The zero-order valence-corrected chi connectivity index (χ0v) is 8.68. The van der Waals surface area contributed by atoms with Gasteiger partial charge in [0, 0.05) is 5.56 Å². The van der Waals surface area contributed by atoms with Gasteiger partial charge in [0.15, 0.2) is 12.0 Å². The van der Waals surface area contributed by atoms with E-state index in [0.29, 0.717) is 13.2 Å². The maximum Gasteiger partial charge on any atom is 0.184 e. The van der Waals surface area contributed by atoms with Crippen LogP contribution in [0.2, 0.25) is 10.0 Å². The Morgan fingerprint density at radius 3 is 2.14 bits per heavy atom. The minimum atomic E-state index is -0.425. The van der Waals surface area contributed by atoms with Gasteiger partial charge in [0.1, 0.15) is 0 Å². The molecule has 0 atom stereocenters. The summed E-state index contributed by atoms with van der Waals surface area (Å²) < 4.78 is 10.5. The molecule has 1 aromatic rings. The van der Waals surface area contributed by atoms with Gasteiger partial charge in [-0.3, -0.25) is 0 Å². The Morgan fingerprint density at radius 1 is 1.14 bits per heavy atom. The van der Waals surface area contributed by atoms with Gasteiger partial charge < -0.3 is 14.6 Å². The number of phenols is 1. The molecule has 1 N–H and O–H groups in total. The first kappa shape index (κ1) is 10.1. The van der Waals surface area contributed by atoms with Gasteiger partial charge in [0.05, 0.1) is 23.3 Å². The van der Waals surface area contributed by atoms with Crippen molar-refractivity contribution in [3.05, 3.63) is 27.7 Å². The molecule has 1 aromatic carbocycles. The summed E-state index contributed by atoms with van der Waals surface area (Å²) in [6, 6.07) is 3.16. The van der Waals surface area contributed by atoms with Gasteiger partial charge in [-0.25, -0.2) is 0 Å². The number of aromatic hydroxyl groups is 1.